The van der Waals surface area contributed by atoms with Crippen LogP contribution in [0.15, 0.2) is 53.1 Å². The van der Waals surface area contributed by atoms with E-state index in [0.29, 0.717) is 19.6 Å². The van der Waals surface area contributed by atoms with Gasteiger partial charge in [0.25, 0.3) is 10.2 Å². The van der Waals surface area contributed by atoms with Crippen molar-refractivity contribution < 1.29 is 12.8 Å². The fourth-order valence-corrected chi connectivity index (χ4v) is 5.76. The Morgan fingerprint density at radius 1 is 1.00 bits per heavy atom. The maximum Gasteiger partial charge on any atom is 0.282 e. The highest BCUT2D eigenvalue weighted by Gasteiger charge is 2.42. The van der Waals surface area contributed by atoms with Gasteiger partial charge in [-0.3, -0.25) is 0 Å². The van der Waals surface area contributed by atoms with Crippen LogP contribution >= 0.6 is 0 Å². The van der Waals surface area contributed by atoms with Crippen LogP contribution in [0.5, 0.6) is 0 Å². The highest BCUT2D eigenvalue weighted by atomic mass is 32.2. The number of hydrogen-bond donors (Lipinski definition) is 0. The smallest absolute Gasteiger partial charge is 0.282 e. The topological polar surface area (TPSA) is 53.8 Å². The first-order valence-electron chi connectivity index (χ1n) is 8.51. The van der Waals surface area contributed by atoms with Crippen LogP contribution in [-0.2, 0) is 10.2 Å². The van der Waals surface area contributed by atoms with Crippen molar-refractivity contribution >= 4 is 10.2 Å². The molecular weight excluding hydrogens is 324 g/mol. The second kappa shape index (κ2) is 6.35. The molecule has 2 fully saturated rings. The van der Waals surface area contributed by atoms with Crippen molar-refractivity contribution in [3.05, 3.63) is 60.1 Å². The molecule has 1 aromatic carbocycles. The van der Waals surface area contributed by atoms with Crippen LogP contribution in [0.2, 0.25) is 0 Å². The number of furan rings is 1. The summed E-state index contributed by atoms with van der Waals surface area (Å²) in [5.74, 6) is 1.03. The van der Waals surface area contributed by atoms with Crippen molar-refractivity contribution in [2.45, 2.75) is 31.2 Å². The summed E-state index contributed by atoms with van der Waals surface area (Å²) in [4.78, 5) is 0. The molecule has 2 saturated heterocycles. The molecule has 0 radical (unpaired) electrons. The molecule has 0 amide bonds. The Morgan fingerprint density at radius 2 is 1.83 bits per heavy atom. The van der Waals surface area contributed by atoms with Gasteiger partial charge in [0.1, 0.15) is 5.76 Å². The summed E-state index contributed by atoms with van der Waals surface area (Å²) in [5, 5.41) is 0. The summed E-state index contributed by atoms with van der Waals surface area (Å²) in [6, 6.07) is 13.7. The molecule has 0 N–H and O–H groups in total. The molecule has 2 aromatic rings. The summed E-state index contributed by atoms with van der Waals surface area (Å²) in [6.07, 6.45) is 4.19. The highest BCUT2D eigenvalue weighted by molar-refractivity contribution is 7.86. The first-order valence-corrected chi connectivity index (χ1v) is 9.91. The molecule has 24 heavy (non-hydrogen) atoms. The molecule has 0 unspecified atom stereocenters. The Morgan fingerprint density at radius 3 is 2.58 bits per heavy atom. The lowest BCUT2D eigenvalue weighted by molar-refractivity contribution is 0.312. The summed E-state index contributed by atoms with van der Waals surface area (Å²) >= 11 is 0. The van der Waals surface area contributed by atoms with Gasteiger partial charge in [0.05, 0.1) is 12.3 Å². The maximum atomic E-state index is 13.1. The summed E-state index contributed by atoms with van der Waals surface area (Å²) in [6.45, 7) is 1.72. The van der Waals surface area contributed by atoms with Crippen LogP contribution < -0.4 is 0 Å². The van der Waals surface area contributed by atoms with E-state index in [2.05, 4.69) is 12.1 Å². The van der Waals surface area contributed by atoms with E-state index in [-0.39, 0.29) is 12.0 Å². The van der Waals surface area contributed by atoms with Crippen molar-refractivity contribution in [1.82, 2.24) is 8.61 Å². The minimum absolute atomic E-state index is 0.166. The maximum absolute atomic E-state index is 13.1. The van der Waals surface area contributed by atoms with Gasteiger partial charge in [0, 0.05) is 19.6 Å². The summed E-state index contributed by atoms with van der Waals surface area (Å²) in [5.41, 5.74) is 1.22. The van der Waals surface area contributed by atoms with Crippen LogP contribution in [-0.4, -0.2) is 36.7 Å². The lowest BCUT2D eigenvalue weighted by Gasteiger charge is -2.27. The van der Waals surface area contributed by atoms with Crippen molar-refractivity contribution in [3.63, 3.8) is 0 Å². The fourth-order valence-electron chi connectivity index (χ4n) is 3.86. The number of rotatable bonds is 4. The van der Waals surface area contributed by atoms with E-state index in [4.69, 9.17) is 4.42 Å². The Hall–Kier alpha value is -1.63. The lowest BCUT2D eigenvalue weighted by Crippen LogP contribution is -2.42. The number of hydrogen-bond acceptors (Lipinski definition) is 3. The second-order valence-corrected chi connectivity index (χ2v) is 8.43. The van der Waals surface area contributed by atoms with Crippen molar-refractivity contribution in [2.75, 3.05) is 19.6 Å². The first kappa shape index (κ1) is 15.9. The first-order chi connectivity index (χ1) is 11.7. The van der Waals surface area contributed by atoms with E-state index in [1.165, 1.54) is 5.56 Å². The van der Waals surface area contributed by atoms with E-state index in [1.807, 2.05) is 30.3 Å². The summed E-state index contributed by atoms with van der Waals surface area (Å²) in [7, 11) is -3.45. The number of nitrogens with zero attached hydrogens (tertiary/aromatic N) is 2. The monoisotopic (exact) mass is 346 g/mol. The third-order valence-electron chi connectivity index (χ3n) is 5.12. The zero-order valence-electron chi connectivity index (χ0n) is 13.5. The molecule has 5 nitrogen and oxygen atoms in total. The van der Waals surface area contributed by atoms with Crippen LogP contribution in [0.25, 0.3) is 0 Å². The fraction of sp³-hybridized carbons (Fsp3) is 0.444. The van der Waals surface area contributed by atoms with E-state index < -0.39 is 10.2 Å². The van der Waals surface area contributed by atoms with Gasteiger partial charge in [-0.15, -0.1) is 0 Å². The molecule has 0 spiro atoms. The predicted molar refractivity (Wildman–Crippen MR) is 91.7 cm³/mol. The highest BCUT2D eigenvalue weighted by Crippen LogP contribution is 2.38. The normalized spacial score (nSPS) is 26.2. The summed E-state index contributed by atoms with van der Waals surface area (Å²) < 4.78 is 35.0. The van der Waals surface area contributed by atoms with Crippen LogP contribution in [0.4, 0.5) is 0 Å². The molecule has 6 heteroatoms. The molecule has 2 aliphatic heterocycles. The van der Waals surface area contributed by atoms with E-state index in [9.17, 15) is 8.42 Å². The molecule has 4 rings (SSSR count). The molecule has 0 bridgehead atoms. The van der Waals surface area contributed by atoms with Gasteiger partial charge < -0.3 is 4.42 Å². The quantitative estimate of drug-likeness (QED) is 0.854. The molecule has 1 aromatic heterocycles. The van der Waals surface area contributed by atoms with E-state index >= 15 is 0 Å². The van der Waals surface area contributed by atoms with E-state index in [1.54, 1.807) is 14.9 Å². The Balaban J connectivity index is 1.53. The van der Waals surface area contributed by atoms with Gasteiger partial charge in [-0.2, -0.15) is 17.0 Å². The van der Waals surface area contributed by atoms with Crippen molar-refractivity contribution in [3.8, 4) is 0 Å². The standard InChI is InChI=1S/C18H22N2O3S/c21-24(22,20-11-4-8-17(20)18-9-5-13-23-18)19-12-10-16(14-19)15-6-2-1-3-7-15/h1-3,5-7,9,13,16-17H,4,8,10-12,14H2/t16-,17-/m0/s1. The molecule has 0 saturated carbocycles. The van der Waals surface area contributed by atoms with Gasteiger partial charge in [-0.25, -0.2) is 0 Å². The molecule has 0 aliphatic carbocycles. The van der Waals surface area contributed by atoms with Gasteiger partial charge in [0.15, 0.2) is 0 Å². The zero-order chi connectivity index (χ0) is 16.6. The van der Waals surface area contributed by atoms with Crippen molar-refractivity contribution in [2.24, 2.45) is 0 Å². The molecule has 2 aliphatic rings. The Bertz CT molecular complexity index is 774. The van der Waals surface area contributed by atoms with Gasteiger partial charge >= 0.3 is 0 Å². The average Bonchev–Trinajstić information content (AvgIpc) is 3.35. The molecule has 2 atom stereocenters. The van der Waals surface area contributed by atoms with Gasteiger partial charge in [-0.1, -0.05) is 30.3 Å². The largest absolute Gasteiger partial charge is 0.468 e. The molecule has 128 valence electrons. The second-order valence-electron chi connectivity index (χ2n) is 6.55. The van der Waals surface area contributed by atoms with Crippen LogP contribution in [0.1, 0.15) is 42.5 Å². The minimum Gasteiger partial charge on any atom is -0.468 e. The Kier molecular flexibility index (Phi) is 4.20. The Labute approximate surface area is 143 Å². The van der Waals surface area contributed by atoms with Gasteiger partial charge in [0.2, 0.25) is 0 Å². The van der Waals surface area contributed by atoms with Crippen LogP contribution in [0, 0.1) is 0 Å². The third kappa shape index (κ3) is 2.79. The van der Waals surface area contributed by atoms with Gasteiger partial charge in [-0.05, 0) is 42.9 Å². The average molecular weight is 346 g/mol. The minimum atomic E-state index is -3.45. The third-order valence-corrected chi connectivity index (χ3v) is 7.13. The lowest BCUT2D eigenvalue weighted by atomic mass is 9.99. The number of benzene rings is 1. The molecular formula is C18H22N2O3S. The SMILES string of the molecule is O=S(=O)(N1CC[C@H](c2ccccc2)C1)N1CCC[C@H]1c1ccco1. The van der Waals surface area contributed by atoms with E-state index in [0.717, 1.165) is 25.0 Å². The molecule has 3 heterocycles. The zero-order valence-corrected chi connectivity index (χ0v) is 14.4. The van der Waals surface area contributed by atoms with Crippen LogP contribution in [0.3, 0.4) is 0 Å². The predicted octanol–water partition coefficient (Wildman–Crippen LogP) is 3.15. The van der Waals surface area contributed by atoms with Crippen molar-refractivity contribution in [1.29, 1.82) is 0 Å².